The van der Waals surface area contributed by atoms with Crippen molar-refractivity contribution in [2.24, 2.45) is 11.8 Å². The third kappa shape index (κ3) is 5.21. The first kappa shape index (κ1) is 18.2. The fourth-order valence-corrected chi connectivity index (χ4v) is 4.39. The van der Waals surface area contributed by atoms with E-state index < -0.39 is 0 Å². The van der Waals surface area contributed by atoms with Gasteiger partial charge in [-0.25, -0.2) is 0 Å². The third-order valence-electron chi connectivity index (χ3n) is 5.76. The van der Waals surface area contributed by atoms with Gasteiger partial charge in [-0.05, 0) is 71.1 Å². The summed E-state index contributed by atoms with van der Waals surface area (Å²) < 4.78 is 0. The zero-order chi connectivity index (χ0) is 16.1. The fourth-order valence-electron chi connectivity index (χ4n) is 4.39. The molecule has 0 unspecified atom stereocenters. The summed E-state index contributed by atoms with van der Waals surface area (Å²) in [6.07, 6.45) is 4.26. The minimum absolute atomic E-state index is 0.716. The van der Waals surface area contributed by atoms with Gasteiger partial charge in [0.1, 0.15) is 0 Å². The van der Waals surface area contributed by atoms with Crippen LogP contribution < -0.4 is 0 Å². The highest BCUT2D eigenvalue weighted by Gasteiger charge is 2.29. The number of piperazine rings is 1. The molecule has 2 rings (SSSR count). The van der Waals surface area contributed by atoms with Crippen LogP contribution in [0.15, 0.2) is 0 Å². The standard InChI is InChI=1S/C19H39N3/c1-6-20-10-7-19(8-11-20)9-12-21-14-17(4)22(13-16(2)3)18(5)15-21/h16-19H,6-15H2,1-5H3/t17-,18-/m1/s1. The number of likely N-dealkylation sites (tertiary alicyclic amines) is 1. The lowest BCUT2D eigenvalue weighted by molar-refractivity contribution is 0.0267. The van der Waals surface area contributed by atoms with E-state index in [9.17, 15) is 0 Å². The van der Waals surface area contributed by atoms with Crippen LogP contribution in [0.1, 0.15) is 53.9 Å². The molecule has 0 amide bonds. The van der Waals surface area contributed by atoms with Crippen molar-refractivity contribution in [2.75, 3.05) is 45.8 Å². The molecule has 2 heterocycles. The first-order chi connectivity index (χ1) is 10.5. The van der Waals surface area contributed by atoms with E-state index in [-0.39, 0.29) is 0 Å². The molecule has 2 fully saturated rings. The van der Waals surface area contributed by atoms with Crippen LogP contribution in [0.4, 0.5) is 0 Å². The van der Waals surface area contributed by atoms with E-state index in [2.05, 4.69) is 49.3 Å². The van der Waals surface area contributed by atoms with Crippen LogP contribution in [-0.2, 0) is 0 Å². The lowest BCUT2D eigenvalue weighted by Crippen LogP contribution is -2.57. The van der Waals surface area contributed by atoms with Gasteiger partial charge in [-0.2, -0.15) is 0 Å². The van der Waals surface area contributed by atoms with E-state index in [0.717, 1.165) is 11.8 Å². The molecule has 0 saturated carbocycles. The minimum atomic E-state index is 0.716. The normalized spacial score (nSPS) is 30.3. The molecule has 2 atom stereocenters. The van der Waals surface area contributed by atoms with Crippen molar-refractivity contribution in [2.45, 2.75) is 66.0 Å². The van der Waals surface area contributed by atoms with Gasteiger partial charge in [0.15, 0.2) is 0 Å². The van der Waals surface area contributed by atoms with Gasteiger partial charge in [-0.3, -0.25) is 4.90 Å². The monoisotopic (exact) mass is 309 g/mol. The molecule has 0 aromatic rings. The van der Waals surface area contributed by atoms with Gasteiger partial charge in [0, 0.05) is 31.7 Å². The Hall–Kier alpha value is -0.120. The average Bonchev–Trinajstić information content (AvgIpc) is 2.49. The molecule has 130 valence electrons. The van der Waals surface area contributed by atoms with Crippen LogP contribution in [-0.4, -0.2) is 72.6 Å². The molecule has 0 aromatic carbocycles. The van der Waals surface area contributed by atoms with Crippen LogP contribution in [0.5, 0.6) is 0 Å². The second kappa shape index (κ2) is 8.65. The van der Waals surface area contributed by atoms with E-state index in [0.29, 0.717) is 12.1 Å². The zero-order valence-corrected chi connectivity index (χ0v) is 15.7. The zero-order valence-electron chi connectivity index (χ0n) is 15.7. The summed E-state index contributed by atoms with van der Waals surface area (Å²) in [5.74, 6) is 1.75. The summed E-state index contributed by atoms with van der Waals surface area (Å²) in [5, 5.41) is 0. The highest BCUT2D eigenvalue weighted by molar-refractivity contribution is 4.86. The van der Waals surface area contributed by atoms with Gasteiger partial charge < -0.3 is 9.80 Å². The molecular formula is C19H39N3. The Bertz CT molecular complexity index is 298. The van der Waals surface area contributed by atoms with Crippen molar-refractivity contribution in [1.29, 1.82) is 0 Å². The summed E-state index contributed by atoms with van der Waals surface area (Å²) in [7, 11) is 0. The van der Waals surface area contributed by atoms with Crippen molar-refractivity contribution < 1.29 is 0 Å². The molecule has 0 bridgehead atoms. The SMILES string of the molecule is CCN1CCC(CCN2C[C@@H](C)N(CC(C)C)[C@H](C)C2)CC1. The largest absolute Gasteiger partial charge is 0.304 e. The number of piperidine rings is 1. The molecule has 2 aliphatic heterocycles. The Morgan fingerprint density at radius 2 is 1.55 bits per heavy atom. The maximum Gasteiger partial charge on any atom is 0.0198 e. The molecular weight excluding hydrogens is 270 g/mol. The smallest absolute Gasteiger partial charge is 0.0198 e. The molecule has 22 heavy (non-hydrogen) atoms. The molecule has 3 heteroatoms. The lowest BCUT2D eigenvalue weighted by atomic mass is 9.93. The second-order valence-electron chi connectivity index (χ2n) is 8.21. The quantitative estimate of drug-likeness (QED) is 0.746. The van der Waals surface area contributed by atoms with Crippen LogP contribution >= 0.6 is 0 Å². The summed E-state index contributed by atoms with van der Waals surface area (Å²) in [6.45, 7) is 20.8. The molecule has 0 spiro atoms. The highest BCUT2D eigenvalue weighted by Crippen LogP contribution is 2.23. The number of hydrogen-bond donors (Lipinski definition) is 0. The Morgan fingerprint density at radius 1 is 0.955 bits per heavy atom. The van der Waals surface area contributed by atoms with Crippen molar-refractivity contribution in [3.8, 4) is 0 Å². The van der Waals surface area contributed by atoms with E-state index in [1.165, 1.54) is 65.1 Å². The fraction of sp³-hybridized carbons (Fsp3) is 1.00. The predicted molar refractivity (Wildman–Crippen MR) is 96.4 cm³/mol. The molecule has 3 nitrogen and oxygen atoms in total. The lowest BCUT2D eigenvalue weighted by Gasteiger charge is -2.45. The van der Waals surface area contributed by atoms with E-state index in [1.807, 2.05) is 0 Å². The molecule has 0 N–H and O–H groups in total. The Balaban J connectivity index is 1.71. The molecule has 2 aliphatic rings. The van der Waals surface area contributed by atoms with Crippen LogP contribution in [0, 0.1) is 11.8 Å². The first-order valence-electron chi connectivity index (χ1n) is 9.70. The Morgan fingerprint density at radius 3 is 2.05 bits per heavy atom. The summed E-state index contributed by atoms with van der Waals surface area (Å²) in [4.78, 5) is 8.06. The summed E-state index contributed by atoms with van der Waals surface area (Å²) >= 11 is 0. The Kier molecular flexibility index (Phi) is 7.17. The minimum Gasteiger partial charge on any atom is -0.304 e. The van der Waals surface area contributed by atoms with Crippen molar-refractivity contribution in [1.82, 2.24) is 14.7 Å². The van der Waals surface area contributed by atoms with Gasteiger partial charge in [0.25, 0.3) is 0 Å². The van der Waals surface area contributed by atoms with Crippen molar-refractivity contribution in [3.63, 3.8) is 0 Å². The molecule has 0 aromatic heterocycles. The number of nitrogens with zero attached hydrogens (tertiary/aromatic N) is 3. The van der Waals surface area contributed by atoms with E-state index >= 15 is 0 Å². The topological polar surface area (TPSA) is 9.72 Å². The van der Waals surface area contributed by atoms with Crippen LogP contribution in [0.2, 0.25) is 0 Å². The third-order valence-corrected chi connectivity index (χ3v) is 5.76. The van der Waals surface area contributed by atoms with Crippen molar-refractivity contribution >= 4 is 0 Å². The second-order valence-corrected chi connectivity index (χ2v) is 8.21. The molecule has 0 aliphatic carbocycles. The van der Waals surface area contributed by atoms with Gasteiger partial charge in [-0.1, -0.05) is 20.8 Å². The molecule has 2 saturated heterocycles. The summed E-state index contributed by atoms with van der Waals surface area (Å²) in [5.41, 5.74) is 0. The van der Waals surface area contributed by atoms with E-state index in [4.69, 9.17) is 0 Å². The van der Waals surface area contributed by atoms with Crippen LogP contribution in [0.3, 0.4) is 0 Å². The number of rotatable bonds is 6. The first-order valence-corrected chi connectivity index (χ1v) is 9.70. The average molecular weight is 310 g/mol. The van der Waals surface area contributed by atoms with Crippen molar-refractivity contribution in [3.05, 3.63) is 0 Å². The maximum absolute atomic E-state index is 2.73. The van der Waals surface area contributed by atoms with Gasteiger partial charge in [-0.15, -0.1) is 0 Å². The van der Waals surface area contributed by atoms with Crippen LogP contribution in [0.25, 0.3) is 0 Å². The maximum atomic E-state index is 2.73. The highest BCUT2D eigenvalue weighted by atomic mass is 15.3. The van der Waals surface area contributed by atoms with Gasteiger partial charge in [0.2, 0.25) is 0 Å². The van der Waals surface area contributed by atoms with Gasteiger partial charge >= 0.3 is 0 Å². The molecule has 0 radical (unpaired) electrons. The summed E-state index contributed by atoms with van der Waals surface area (Å²) in [6, 6.07) is 1.43. The predicted octanol–water partition coefficient (Wildman–Crippen LogP) is 3.16. The van der Waals surface area contributed by atoms with Gasteiger partial charge in [0.05, 0.1) is 0 Å². The Labute approximate surface area is 139 Å². The number of hydrogen-bond acceptors (Lipinski definition) is 3. The van der Waals surface area contributed by atoms with E-state index in [1.54, 1.807) is 0 Å².